The quantitative estimate of drug-likeness (QED) is 0.821. The third kappa shape index (κ3) is 3.87. The molecule has 0 fully saturated rings. The van der Waals surface area contributed by atoms with Gasteiger partial charge >= 0.3 is 0 Å². The van der Waals surface area contributed by atoms with Crippen molar-refractivity contribution in [2.75, 3.05) is 13.7 Å². The molecule has 118 valence electrons. The lowest BCUT2D eigenvalue weighted by Crippen LogP contribution is -2.26. The number of ether oxygens (including phenoxy) is 1. The zero-order valence-electron chi connectivity index (χ0n) is 13.1. The van der Waals surface area contributed by atoms with Crippen LogP contribution in [0.15, 0.2) is 53.4 Å². The molecular weight excluding hydrogens is 298 g/mol. The SMILES string of the molecule is CCOc1ccc(CN(C)S(=O)(=O)c2ccc(C)cc2)cc1. The fourth-order valence-corrected chi connectivity index (χ4v) is 3.25. The highest BCUT2D eigenvalue weighted by atomic mass is 32.2. The molecule has 0 saturated heterocycles. The molecule has 0 amide bonds. The molecule has 0 bridgehead atoms. The van der Waals surface area contributed by atoms with E-state index in [9.17, 15) is 8.42 Å². The highest BCUT2D eigenvalue weighted by molar-refractivity contribution is 7.89. The van der Waals surface area contributed by atoms with Crippen molar-refractivity contribution < 1.29 is 13.2 Å². The van der Waals surface area contributed by atoms with E-state index in [2.05, 4.69) is 0 Å². The molecule has 2 rings (SSSR count). The van der Waals surface area contributed by atoms with Gasteiger partial charge in [0, 0.05) is 13.6 Å². The predicted octanol–water partition coefficient (Wildman–Crippen LogP) is 3.21. The number of benzene rings is 2. The Balaban J connectivity index is 2.13. The van der Waals surface area contributed by atoms with E-state index in [1.54, 1.807) is 31.3 Å². The Bertz CT molecular complexity index is 707. The lowest BCUT2D eigenvalue weighted by Gasteiger charge is -2.17. The topological polar surface area (TPSA) is 46.6 Å². The number of hydrogen-bond acceptors (Lipinski definition) is 3. The molecular formula is C17H21NO3S. The van der Waals surface area contributed by atoms with Gasteiger partial charge in [-0.15, -0.1) is 0 Å². The molecule has 0 aromatic heterocycles. The van der Waals surface area contributed by atoms with E-state index in [4.69, 9.17) is 4.74 Å². The summed E-state index contributed by atoms with van der Waals surface area (Å²) in [5.41, 5.74) is 1.95. The van der Waals surface area contributed by atoms with Crippen LogP contribution in [-0.2, 0) is 16.6 Å². The highest BCUT2D eigenvalue weighted by Gasteiger charge is 2.20. The van der Waals surface area contributed by atoms with Gasteiger partial charge in [-0.3, -0.25) is 0 Å². The zero-order valence-corrected chi connectivity index (χ0v) is 13.9. The number of rotatable bonds is 6. The van der Waals surface area contributed by atoms with Crippen molar-refractivity contribution >= 4 is 10.0 Å². The van der Waals surface area contributed by atoms with Crippen molar-refractivity contribution in [3.05, 3.63) is 59.7 Å². The summed E-state index contributed by atoms with van der Waals surface area (Å²) >= 11 is 0. The molecule has 0 aliphatic carbocycles. The smallest absolute Gasteiger partial charge is 0.243 e. The second-order valence-corrected chi connectivity index (χ2v) is 7.20. The summed E-state index contributed by atoms with van der Waals surface area (Å²) < 4.78 is 31.8. The summed E-state index contributed by atoms with van der Waals surface area (Å²) in [6.07, 6.45) is 0. The van der Waals surface area contributed by atoms with Crippen LogP contribution in [0.1, 0.15) is 18.1 Å². The van der Waals surface area contributed by atoms with Crippen LogP contribution in [0.2, 0.25) is 0 Å². The van der Waals surface area contributed by atoms with Crippen LogP contribution in [-0.4, -0.2) is 26.4 Å². The van der Waals surface area contributed by atoms with Crippen molar-refractivity contribution in [2.24, 2.45) is 0 Å². The normalized spacial score (nSPS) is 11.6. The first kappa shape index (κ1) is 16.5. The van der Waals surface area contributed by atoms with Gasteiger partial charge in [-0.05, 0) is 43.7 Å². The Morgan fingerprint density at radius 2 is 1.59 bits per heavy atom. The Kier molecular flexibility index (Phi) is 5.21. The lowest BCUT2D eigenvalue weighted by molar-refractivity contribution is 0.340. The monoisotopic (exact) mass is 319 g/mol. The summed E-state index contributed by atoms with van der Waals surface area (Å²) in [5, 5.41) is 0. The van der Waals surface area contributed by atoms with E-state index < -0.39 is 10.0 Å². The van der Waals surface area contributed by atoms with Crippen molar-refractivity contribution in [3.8, 4) is 5.75 Å². The minimum Gasteiger partial charge on any atom is -0.494 e. The first-order valence-electron chi connectivity index (χ1n) is 7.18. The minimum atomic E-state index is -3.47. The van der Waals surface area contributed by atoms with Crippen LogP contribution in [0.3, 0.4) is 0 Å². The minimum absolute atomic E-state index is 0.312. The highest BCUT2D eigenvalue weighted by Crippen LogP contribution is 2.19. The van der Waals surface area contributed by atoms with Gasteiger partial charge in [-0.1, -0.05) is 29.8 Å². The van der Waals surface area contributed by atoms with E-state index >= 15 is 0 Å². The van der Waals surface area contributed by atoms with E-state index in [0.717, 1.165) is 16.9 Å². The number of aryl methyl sites for hydroxylation is 1. The molecule has 22 heavy (non-hydrogen) atoms. The summed E-state index contributed by atoms with van der Waals surface area (Å²) in [6.45, 7) is 4.79. The standard InChI is InChI=1S/C17H21NO3S/c1-4-21-16-9-7-15(8-10-16)13-18(3)22(19,20)17-11-5-14(2)6-12-17/h5-12H,4,13H2,1-3H3. The Morgan fingerprint density at radius 1 is 1.00 bits per heavy atom. The van der Waals surface area contributed by atoms with Crippen molar-refractivity contribution in [2.45, 2.75) is 25.3 Å². The van der Waals surface area contributed by atoms with Crippen LogP contribution >= 0.6 is 0 Å². The molecule has 0 N–H and O–H groups in total. The molecule has 0 aliphatic heterocycles. The molecule has 2 aromatic carbocycles. The Labute approximate surface area is 132 Å². The van der Waals surface area contributed by atoms with E-state index in [-0.39, 0.29) is 0 Å². The summed E-state index contributed by atoms with van der Waals surface area (Å²) in [7, 11) is -1.88. The van der Waals surface area contributed by atoms with E-state index in [1.165, 1.54) is 4.31 Å². The molecule has 0 heterocycles. The second kappa shape index (κ2) is 6.94. The third-order valence-electron chi connectivity index (χ3n) is 3.37. The molecule has 2 aromatic rings. The van der Waals surface area contributed by atoms with Crippen LogP contribution < -0.4 is 4.74 Å². The molecule has 0 unspecified atom stereocenters. The van der Waals surface area contributed by atoms with Crippen LogP contribution in [0, 0.1) is 6.92 Å². The molecule has 5 heteroatoms. The second-order valence-electron chi connectivity index (χ2n) is 5.15. The molecule has 0 atom stereocenters. The fraction of sp³-hybridized carbons (Fsp3) is 0.294. The molecule has 4 nitrogen and oxygen atoms in total. The third-order valence-corrected chi connectivity index (χ3v) is 5.19. The number of nitrogens with zero attached hydrogens (tertiary/aromatic N) is 1. The van der Waals surface area contributed by atoms with Gasteiger partial charge in [-0.25, -0.2) is 8.42 Å². The van der Waals surface area contributed by atoms with E-state index in [0.29, 0.717) is 18.0 Å². The van der Waals surface area contributed by atoms with Crippen molar-refractivity contribution in [3.63, 3.8) is 0 Å². The van der Waals surface area contributed by atoms with Gasteiger partial charge in [0.2, 0.25) is 10.0 Å². The molecule has 0 aliphatic rings. The first-order valence-corrected chi connectivity index (χ1v) is 8.62. The first-order chi connectivity index (χ1) is 10.4. The van der Waals surface area contributed by atoms with Crippen LogP contribution in [0.5, 0.6) is 5.75 Å². The van der Waals surface area contributed by atoms with Gasteiger partial charge in [0.1, 0.15) is 5.75 Å². The molecule has 0 saturated carbocycles. The van der Waals surface area contributed by atoms with E-state index in [1.807, 2.05) is 38.1 Å². The van der Waals surface area contributed by atoms with Gasteiger partial charge in [0.05, 0.1) is 11.5 Å². The zero-order chi connectivity index (χ0) is 16.2. The van der Waals surface area contributed by atoms with Gasteiger partial charge in [-0.2, -0.15) is 4.31 Å². The average molecular weight is 319 g/mol. The lowest BCUT2D eigenvalue weighted by atomic mass is 10.2. The van der Waals surface area contributed by atoms with Gasteiger partial charge in [0.25, 0.3) is 0 Å². The maximum absolute atomic E-state index is 12.5. The average Bonchev–Trinajstić information content (AvgIpc) is 2.50. The van der Waals surface area contributed by atoms with Crippen LogP contribution in [0.25, 0.3) is 0 Å². The van der Waals surface area contributed by atoms with Crippen molar-refractivity contribution in [1.82, 2.24) is 4.31 Å². The summed E-state index contributed by atoms with van der Waals surface area (Å²) in [5.74, 6) is 0.787. The molecule has 0 spiro atoms. The Morgan fingerprint density at radius 3 is 2.14 bits per heavy atom. The molecule has 0 radical (unpaired) electrons. The maximum Gasteiger partial charge on any atom is 0.243 e. The fourth-order valence-electron chi connectivity index (χ4n) is 2.09. The summed E-state index contributed by atoms with van der Waals surface area (Å²) in [6, 6.07) is 14.3. The number of sulfonamides is 1. The van der Waals surface area contributed by atoms with Gasteiger partial charge < -0.3 is 4.74 Å². The van der Waals surface area contributed by atoms with Gasteiger partial charge in [0.15, 0.2) is 0 Å². The maximum atomic E-state index is 12.5. The van der Waals surface area contributed by atoms with Crippen molar-refractivity contribution in [1.29, 1.82) is 0 Å². The van der Waals surface area contributed by atoms with Crippen LogP contribution in [0.4, 0.5) is 0 Å². The predicted molar refractivity (Wildman–Crippen MR) is 87.4 cm³/mol. The number of hydrogen-bond donors (Lipinski definition) is 0. The summed E-state index contributed by atoms with van der Waals surface area (Å²) in [4.78, 5) is 0.312. The Hall–Kier alpha value is -1.85. The largest absolute Gasteiger partial charge is 0.494 e.